The molecule has 8 aromatic rings. The van der Waals surface area contributed by atoms with Gasteiger partial charge >= 0.3 is 5.97 Å². The lowest BCUT2D eigenvalue weighted by Crippen LogP contribution is -2.32. The van der Waals surface area contributed by atoms with E-state index in [1.54, 1.807) is 64.1 Å². The van der Waals surface area contributed by atoms with E-state index >= 15 is 0 Å². The second kappa shape index (κ2) is 45.7. The van der Waals surface area contributed by atoms with Crippen LogP contribution in [0.15, 0.2) is 65.4 Å². The van der Waals surface area contributed by atoms with Crippen molar-refractivity contribution in [3.8, 4) is 24.3 Å². The number of aliphatic hydroxyl groups is 6. The highest BCUT2D eigenvalue weighted by atomic mass is 32.3. The number of thiazole rings is 4. The quantitative estimate of drug-likeness (QED) is 0.0192. The highest BCUT2D eigenvalue weighted by molar-refractivity contribution is 7.93. The van der Waals surface area contributed by atoms with Crippen molar-refractivity contribution in [3.63, 3.8) is 0 Å². The average molecular weight is 1930 g/mol. The van der Waals surface area contributed by atoms with Gasteiger partial charge in [0, 0.05) is 0 Å². The van der Waals surface area contributed by atoms with Gasteiger partial charge < -0.3 is 35.7 Å². The molecule has 0 fully saturated rings. The van der Waals surface area contributed by atoms with Gasteiger partial charge in [-0.1, -0.05) is 149 Å². The van der Waals surface area contributed by atoms with Crippen LogP contribution in [0.2, 0.25) is 0 Å². The first kappa shape index (κ1) is 112. The van der Waals surface area contributed by atoms with Crippen LogP contribution in [0, 0.1) is 45.3 Å². The Balaban J connectivity index is 0.000000347. The molecule has 0 unspecified atom stereocenters. The smallest absolute Gasteiger partial charge is 0.307 e. The molecule has 31 nitrogen and oxygen atoms in total. The van der Waals surface area contributed by atoms with E-state index in [1.807, 2.05) is 123 Å². The summed E-state index contributed by atoms with van der Waals surface area (Å²) in [6.07, 6.45) is 0.197. The minimum Gasteiger partial charge on any atom is -0.481 e. The third-order valence-electron chi connectivity index (χ3n) is 19.6. The van der Waals surface area contributed by atoms with Crippen LogP contribution in [-0.2, 0) is 133 Å². The minimum absolute atomic E-state index is 0.00899. The number of rotatable bonds is 31. The zero-order valence-corrected chi connectivity index (χ0v) is 84.4. The van der Waals surface area contributed by atoms with E-state index in [1.165, 1.54) is 41.5 Å². The van der Waals surface area contributed by atoms with E-state index in [4.69, 9.17) is 15.5 Å². The topological polar surface area (TPSA) is 555 Å². The molecule has 0 saturated carbocycles. The number of aliphatic carboxylic acids is 1. The summed E-state index contributed by atoms with van der Waals surface area (Å²) in [5.74, 6) is -2.51. The molecule has 4 aromatic heterocycles. The number of nitrogens with one attached hydrogen (secondary N) is 3. The SMILES string of the molecule is CC(C)c1ccc(C#N)c(C(C)C)c1CC(=O)NS(=O)(=O)c1sc(C(C)(C)O)nc1CO.CC(C)c1ccc(C#N)c(C(C)C)c1CC(=O)NS(=O)(=O)c1sc(C(C)(C)O)nc1CO.CC(C)c1ccc(C#N)c(C(C)C)c1CC(=O)O.CCc1nc(C(C)(C)O)sc1S(=O)(=O)NC(=O)Cc1c(C(C)C)ccc(C#N)c1C(C)C.CCc1nc(C(C)(C)O)sc1S(N)(=O)=O. The van der Waals surface area contributed by atoms with Crippen molar-refractivity contribution in [2.24, 2.45) is 5.14 Å². The van der Waals surface area contributed by atoms with Crippen molar-refractivity contribution in [3.05, 3.63) is 180 Å². The van der Waals surface area contributed by atoms with Gasteiger partial charge in [0.15, 0.2) is 16.8 Å². The number of amides is 3. The number of aromatic nitrogens is 4. The van der Waals surface area contributed by atoms with Crippen molar-refractivity contribution < 1.29 is 88.6 Å². The molecule has 0 aliphatic heterocycles. The van der Waals surface area contributed by atoms with Crippen molar-refractivity contribution >= 4 is 109 Å². The number of primary sulfonamides is 1. The lowest BCUT2D eigenvalue weighted by Gasteiger charge is -2.20. The molecule has 3 amide bonds. The maximum atomic E-state index is 13.0. The van der Waals surface area contributed by atoms with Crippen LogP contribution >= 0.6 is 45.3 Å². The van der Waals surface area contributed by atoms with E-state index in [0.29, 0.717) is 90.9 Å². The van der Waals surface area contributed by atoms with Crippen LogP contribution in [0.1, 0.15) is 359 Å². The Hall–Kier alpha value is -9.24. The van der Waals surface area contributed by atoms with Gasteiger partial charge in [-0.3, -0.25) is 19.2 Å². The number of nitriles is 4. The Labute approximate surface area is 775 Å². The molecule has 0 saturated heterocycles. The number of aliphatic hydroxyl groups excluding tert-OH is 2. The molecule has 704 valence electrons. The van der Waals surface area contributed by atoms with Gasteiger partial charge in [-0.25, -0.2) is 72.9 Å². The number of sulfonamides is 4. The number of carboxylic acids is 1. The molecule has 12 N–H and O–H groups in total. The predicted octanol–water partition coefficient (Wildman–Crippen LogP) is 14.2. The molecule has 8 rings (SSSR count). The number of carbonyl (C=O) groups is 4. The van der Waals surface area contributed by atoms with Gasteiger partial charge in [0.25, 0.3) is 30.1 Å². The highest BCUT2D eigenvalue weighted by Gasteiger charge is 2.37. The van der Waals surface area contributed by atoms with Crippen LogP contribution in [0.25, 0.3) is 0 Å². The molecule has 4 aromatic carbocycles. The fourth-order valence-electron chi connectivity index (χ4n) is 13.9. The van der Waals surface area contributed by atoms with Crippen LogP contribution in [0.3, 0.4) is 0 Å². The summed E-state index contributed by atoms with van der Waals surface area (Å²) in [6.45, 7) is 45.7. The zero-order chi connectivity index (χ0) is 99.0. The number of nitrogens with zero attached hydrogens (tertiary/aromatic N) is 8. The number of nitrogens with two attached hydrogens (primary N) is 1. The molecule has 0 spiro atoms. The molecule has 0 atom stereocenters. The van der Waals surface area contributed by atoms with E-state index in [-0.39, 0.29) is 116 Å². The lowest BCUT2D eigenvalue weighted by molar-refractivity contribution is -0.136. The van der Waals surface area contributed by atoms with E-state index in [0.717, 1.165) is 72.7 Å². The van der Waals surface area contributed by atoms with Crippen molar-refractivity contribution in [2.45, 2.75) is 318 Å². The number of hydrogen-bond acceptors (Lipinski definition) is 30. The van der Waals surface area contributed by atoms with Crippen molar-refractivity contribution in [1.82, 2.24) is 34.1 Å². The summed E-state index contributed by atoms with van der Waals surface area (Å²) in [4.78, 5) is 66.0. The van der Waals surface area contributed by atoms with Gasteiger partial charge in [-0.15, -0.1) is 45.3 Å². The van der Waals surface area contributed by atoms with Gasteiger partial charge in [0.2, 0.25) is 27.7 Å². The Bertz CT molecular complexity index is 5630. The van der Waals surface area contributed by atoms with E-state index in [9.17, 15) is 99.3 Å². The number of aryl methyl sites for hydroxylation is 2. The maximum absolute atomic E-state index is 13.0. The zero-order valence-electron chi connectivity index (χ0n) is 77.8. The first-order chi connectivity index (χ1) is 59.2. The monoisotopic (exact) mass is 1930 g/mol. The highest BCUT2D eigenvalue weighted by Crippen LogP contribution is 2.40. The number of carbonyl (C=O) groups excluding carboxylic acids is 3. The van der Waals surface area contributed by atoms with E-state index < -0.39 is 99.4 Å². The minimum atomic E-state index is -4.32. The second-order valence-electron chi connectivity index (χ2n) is 35.1. The fourth-order valence-corrected chi connectivity index (χ4v) is 23.7. The molecule has 0 radical (unpaired) electrons. The largest absolute Gasteiger partial charge is 0.481 e. The summed E-state index contributed by atoms with van der Waals surface area (Å²) in [5, 5.41) is 112. The predicted molar refractivity (Wildman–Crippen MR) is 497 cm³/mol. The third kappa shape index (κ3) is 29.6. The maximum Gasteiger partial charge on any atom is 0.307 e. The Morgan fingerprint density at radius 2 is 0.566 bits per heavy atom. The van der Waals surface area contributed by atoms with E-state index in [2.05, 4.69) is 58.4 Å². The Kier molecular flexibility index (Phi) is 39.7. The molecule has 0 bridgehead atoms. The first-order valence-electron chi connectivity index (χ1n) is 41.5. The summed E-state index contributed by atoms with van der Waals surface area (Å²) >= 11 is 3.19. The molecular formula is C90H122N12O19S8. The van der Waals surface area contributed by atoms with Crippen LogP contribution in [-0.4, -0.2) is 113 Å². The summed E-state index contributed by atoms with van der Waals surface area (Å²) in [7, 11) is -16.6. The molecule has 4 heterocycles. The normalized spacial score (nSPS) is 12.2. The number of benzene rings is 4. The van der Waals surface area contributed by atoms with Crippen molar-refractivity contribution in [1.29, 1.82) is 21.0 Å². The van der Waals surface area contributed by atoms with Gasteiger partial charge in [0.1, 0.15) is 42.4 Å². The van der Waals surface area contributed by atoms with Crippen LogP contribution in [0.4, 0.5) is 0 Å². The Morgan fingerprint density at radius 1 is 0.364 bits per heavy atom. The molecular weight excluding hydrogens is 1810 g/mol. The standard InChI is InChI=1S/C23H31N3O4S2.2C22H29N3O5S2.C15H19NO2.C8H14N2O3S2/c1-8-18-21(31-22(25-18)23(6,7)28)32(29,30)26-19(27)11-17-16(13(2)3)10-9-15(12-24)20(17)14(4)5;2*1-12(2)15-8-7-14(10-23)19(13(3)4)16(15)9-18(27)25-32(29,30)20-17(11-26)24-21(31-20)22(5,6)28;1-9(2)12-6-5-11(8-16)15(10(3)4)13(12)7-14(17)18;1-4-5-6(15(9,12)13)14-7(10-5)8(2,3)11/h9-10,13-14,28H,8,11H2,1-7H3,(H,26,27);2*7-8,12-13,26,28H,9,11H2,1-6H3,(H,25,27);5-6,9-10H,7H2,1-4H3,(H,17,18);11H,4H2,1-3H3,(H2,9,12,13). The molecule has 0 aliphatic carbocycles. The van der Waals surface area contributed by atoms with Gasteiger partial charge in [-0.2, -0.15) is 21.0 Å². The van der Waals surface area contributed by atoms with Crippen molar-refractivity contribution in [2.75, 3.05) is 0 Å². The molecule has 0 aliphatic rings. The summed E-state index contributed by atoms with van der Waals surface area (Å²) in [5.41, 5.74) is 6.79. The fraction of sp³-hybridized carbons (Fsp3) is 0.511. The number of carboxylic acid groups (broad SMARTS) is 1. The van der Waals surface area contributed by atoms with Gasteiger partial charge in [0.05, 0.1) is 108 Å². The second-order valence-corrected chi connectivity index (χ2v) is 46.5. The summed E-state index contributed by atoms with van der Waals surface area (Å²) in [6, 6.07) is 23.0. The summed E-state index contributed by atoms with van der Waals surface area (Å²) < 4.78 is 106. The number of hydrogen-bond donors (Lipinski definition) is 11. The average Bonchev–Trinajstić information content (AvgIpc) is 1.01. The molecule has 39 heteroatoms. The first-order valence-corrected chi connectivity index (χ1v) is 50.7. The van der Waals surface area contributed by atoms with Gasteiger partial charge in [-0.05, 0) is 207 Å². The van der Waals surface area contributed by atoms with Crippen LogP contribution in [0.5, 0.6) is 0 Å². The molecule has 129 heavy (non-hydrogen) atoms. The Morgan fingerprint density at radius 3 is 0.736 bits per heavy atom. The lowest BCUT2D eigenvalue weighted by atomic mass is 9.84. The third-order valence-corrected chi connectivity index (χ3v) is 32.5. The van der Waals surface area contributed by atoms with Crippen LogP contribution < -0.4 is 19.3 Å².